The van der Waals surface area contributed by atoms with Gasteiger partial charge in [0.2, 0.25) is 0 Å². The van der Waals surface area contributed by atoms with E-state index in [1.807, 2.05) is 0 Å². The summed E-state index contributed by atoms with van der Waals surface area (Å²) in [6.45, 7) is 11.3. The number of fused-ring (bicyclic) bond motifs is 1. The molecular weight excluding hydrogens is 426 g/mol. The van der Waals surface area contributed by atoms with Crippen molar-refractivity contribution in [1.29, 1.82) is 0 Å². The third kappa shape index (κ3) is 5.03. The van der Waals surface area contributed by atoms with Gasteiger partial charge in [0.15, 0.2) is 0 Å². The van der Waals surface area contributed by atoms with Crippen LogP contribution in [0.5, 0.6) is 0 Å². The van der Waals surface area contributed by atoms with E-state index < -0.39 is 0 Å². The summed E-state index contributed by atoms with van der Waals surface area (Å²) in [4.78, 5) is 0. The second-order valence-electron chi connectivity index (χ2n) is 7.54. The van der Waals surface area contributed by atoms with Crippen molar-refractivity contribution in [3.05, 3.63) is 65.7 Å². The zero-order valence-corrected chi connectivity index (χ0v) is 19.5. The molecule has 0 aliphatic heterocycles. The standard InChI is InChI=1S/C22H25.2ClH.Zr/c1-15(2)20-14-17-8-6-7-9-19(17)21(20)16-10-12-18(13-11-16)22(3,4)5;;;/h6-15H,1-5H3;2*1H;/q-1;;;+3/p-2. The molecule has 0 saturated heterocycles. The Labute approximate surface area is 183 Å². The number of rotatable bonds is 2. The Hall–Kier alpha value is -0.487. The molecule has 0 spiro atoms. The van der Waals surface area contributed by atoms with Gasteiger partial charge in [0.25, 0.3) is 0 Å². The number of hydrogen-bond donors (Lipinski definition) is 0. The van der Waals surface area contributed by atoms with Crippen LogP contribution in [0.2, 0.25) is 0 Å². The summed E-state index contributed by atoms with van der Waals surface area (Å²) in [5.74, 6) is 0.532. The first kappa shape index (κ1) is 24.5. The van der Waals surface area contributed by atoms with Gasteiger partial charge in [0, 0.05) is 0 Å². The average molecular weight is 452 g/mol. The van der Waals surface area contributed by atoms with E-state index in [2.05, 4.69) is 89.2 Å². The summed E-state index contributed by atoms with van der Waals surface area (Å²) in [6.07, 6.45) is 0. The van der Waals surface area contributed by atoms with Crippen molar-refractivity contribution < 1.29 is 51.0 Å². The van der Waals surface area contributed by atoms with Gasteiger partial charge in [0.1, 0.15) is 0 Å². The molecule has 25 heavy (non-hydrogen) atoms. The van der Waals surface area contributed by atoms with Crippen LogP contribution in [0.1, 0.15) is 51.7 Å². The molecular formula is C22H25Cl2Zr. The van der Waals surface area contributed by atoms with Gasteiger partial charge in [-0.1, -0.05) is 70.5 Å². The fourth-order valence-electron chi connectivity index (χ4n) is 3.16. The molecule has 0 aliphatic carbocycles. The quantitative estimate of drug-likeness (QED) is 0.502. The van der Waals surface area contributed by atoms with E-state index in [9.17, 15) is 0 Å². The normalized spacial score (nSPS) is 10.8. The topological polar surface area (TPSA) is 0 Å². The molecule has 3 aromatic rings. The fourth-order valence-corrected chi connectivity index (χ4v) is 3.16. The maximum absolute atomic E-state index is 2.35. The molecule has 3 rings (SSSR count). The first-order chi connectivity index (χ1) is 10.4. The van der Waals surface area contributed by atoms with Gasteiger partial charge in [-0.25, -0.2) is 0 Å². The Balaban J connectivity index is 0.00000192. The predicted octanol–water partition coefficient (Wildman–Crippen LogP) is 0.652. The van der Waals surface area contributed by atoms with Crippen LogP contribution >= 0.6 is 0 Å². The van der Waals surface area contributed by atoms with E-state index in [0.29, 0.717) is 5.92 Å². The summed E-state index contributed by atoms with van der Waals surface area (Å²) >= 11 is 0. The molecule has 0 amide bonds. The van der Waals surface area contributed by atoms with Gasteiger partial charge in [-0.2, -0.15) is 0 Å². The van der Waals surface area contributed by atoms with E-state index in [0.717, 1.165) is 0 Å². The molecule has 0 heterocycles. The van der Waals surface area contributed by atoms with Crippen molar-refractivity contribution >= 4 is 10.8 Å². The third-order valence-electron chi connectivity index (χ3n) is 4.49. The predicted molar refractivity (Wildman–Crippen MR) is 97.8 cm³/mol. The Morgan fingerprint density at radius 3 is 1.92 bits per heavy atom. The van der Waals surface area contributed by atoms with Gasteiger partial charge in [0.05, 0.1) is 0 Å². The smallest absolute Gasteiger partial charge is 1.00 e. The van der Waals surface area contributed by atoms with E-state index in [1.54, 1.807) is 0 Å². The van der Waals surface area contributed by atoms with Crippen LogP contribution in [0.15, 0.2) is 54.6 Å². The monoisotopic (exact) mass is 449 g/mol. The minimum atomic E-state index is 0. The molecule has 3 aromatic carbocycles. The van der Waals surface area contributed by atoms with Crippen molar-refractivity contribution in [3.8, 4) is 11.1 Å². The van der Waals surface area contributed by atoms with Crippen molar-refractivity contribution in [2.24, 2.45) is 0 Å². The van der Waals surface area contributed by atoms with Crippen LogP contribution in [0, 0.1) is 0 Å². The van der Waals surface area contributed by atoms with Gasteiger partial charge >= 0.3 is 26.2 Å². The van der Waals surface area contributed by atoms with E-state index in [-0.39, 0.29) is 56.4 Å². The van der Waals surface area contributed by atoms with Crippen molar-refractivity contribution in [1.82, 2.24) is 0 Å². The summed E-state index contributed by atoms with van der Waals surface area (Å²) < 4.78 is 0. The largest absolute Gasteiger partial charge is 3.00 e. The molecule has 0 unspecified atom stereocenters. The van der Waals surface area contributed by atoms with Gasteiger partial charge < -0.3 is 24.8 Å². The fraction of sp³-hybridized carbons (Fsp3) is 0.318. The van der Waals surface area contributed by atoms with Crippen LogP contribution in [-0.4, -0.2) is 0 Å². The second-order valence-corrected chi connectivity index (χ2v) is 7.54. The molecule has 131 valence electrons. The summed E-state index contributed by atoms with van der Waals surface area (Å²) in [7, 11) is 0. The van der Waals surface area contributed by atoms with E-state index in [4.69, 9.17) is 0 Å². The Morgan fingerprint density at radius 2 is 1.40 bits per heavy atom. The molecule has 0 aliphatic rings. The molecule has 0 N–H and O–H groups in total. The van der Waals surface area contributed by atoms with Gasteiger partial charge in [-0.3, -0.25) is 0 Å². The minimum Gasteiger partial charge on any atom is -1.00 e. The van der Waals surface area contributed by atoms with Crippen LogP contribution in [-0.2, 0) is 31.6 Å². The van der Waals surface area contributed by atoms with Gasteiger partial charge in [-0.05, 0) is 16.9 Å². The van der Waals surface area contributed by atoms with Crippen LogP contribution < -0.4 is 24.8 Å². The van der Waals surface area contributed by atoms with Crippen molar-refractivity contribution in [3.63, 3.8) is 0 Å². The molecule has 0 nitrogen and oxygen atoms in total. The first-order valence-electron chi connectivity index (χ1n) is 8.17. The van der Waals surface area contributed by atoms with Crippen LogP contribution in [0.4, 0.5) is 0 Å². The van der Waals surface area contributed by atoms with Crippen LogP contribution in [0.25, 0.3) is 21.9 Å². The molecule has 3 heteroatoms. The SMILES string of the molecule is CC(C)c1[cH-]c2ccccc2c1-c1ccc(C(C)(C)C)cc1.[Cl-].[Cl-].[Zr+3]. The Kier molecular flexibility index (Phi) is 9.27. The number of halogens is 2. The second kappa shape index (κ2) is 9.45. The molecule has 0 saturated carbocycles. The number of hydrogen-bond acceptors (Lipinski definition) is 0. The molecule has 0 fully saturated rings. The number of benzene rings is 2. The Bertz CT molecular complexity index is 793. The molecule has 1 radical (unpaired) electrons. The van der Waals surface area contributed by atoms with Crippen LogP contribution in [0.3, 0.4) is 0 Å². The van der Waals surface area contributed by atoms with Gasteiger partial charge in [-0.15, -0.1) is 46.2 Å². The summed E-state index contributed by atoms with van der Waals surface area (Å²) in [5, 5.41) is 2.72. The zero-order valence-electron chi connectivity index (χ0n) is 15.5. The minimum absolute atomic E-state index is 0. The average Bonchev–Trinajstić information content (AvgIpc) is 2.86. The molecule has 0 bridgehead atoms. The van der Waals surface area contributed by atoms with E-state index in [1.165, 1.54) is 33.0 Å². The molecule has 0 aromatic heterocycles. The van der Waals surface area contributed by atoms with E-state index >= 15 is 0 Å². The summed E-state index contributed by atoms with van der Waals surface area (Å²) in [6, 6.07) is 20.2. The molecule has 0 atom stereocenters. The summed E-state index contributed by atoms with van der Waals surface area (Å²) in [5.41, 5.74) is 5.78. The maximum Gasteiger partial charge on any atom is 3.00 e. The maximum atomic E-state index is 2.35. The van der Waals surface area contributed by atoms with Crippen molar-refractivity contribution in [2.75, 3.05) is 0 Å². The van der Waals surface area contributed by atoms with Crippen molar-refractivity contribution in [2.45, 2.75) is 46.0 Å². The first-order valence-corrected chi connectivity index (χ1v) is 8.17. The Morgan fingerprint density at radius 1 is 0.840 bits per heavy atom. The third-order valence-corrected chi connectivity index (χ3v) is 4.49. The zero-order chi connectivity index (χ0) is 15.9.